The molecule has 1 fully saturated rings. The number of unbranched alkanes of at least 4 members (excludes halogenated alkanes) is 1. The van der Waals surface area contributed by atoms with E-state index in [1.165, 1.54) is 0 Å². The van der Waals surface area contributed by atoms with Crippen molar-refractivity contribution in [1.29, 1.82) is 0 Å². The summed E-state index contributed by atoms with van der Waals surface area (Å²) in [5, 5.41) is 0. The molecule has 0 N–H and O–H groups in total. The van der Waals surface area contributed by atoms with E-state index in [9.17, 15) is 4.79 Å². The standard InChI is InChI=1S/C11H20O3/c1-3-5-6-11(4-2,9-12)10-13-7-8-14-10/h9-10H,3-8H2,1-2H3. The molecule has 1 unspecified atom stereocenters. The molecule has 1 atom stereocenters. The Morgan fingerprint density at radius 1 is 1.36 bits per heavy atom. The molecule has 0 aromatic carbocycles. The van der Waals surface area contributed by atoms with E-state index in [1.807, 2.05) is 6.92 Å². The Balaban J connectivity index is 2.62. The molecule has 1 rings (SSSR count). The minimum Gasteiger partial charge on any atom is -0.349 e. The second-order valence-electron chi connectivity index (χ2n) is 3.88. The molecule has 0 bridgehead atoms. The van der Waals surface area contributed by atoms with Crippen molar-refractivity contribution < 1.29 is 14.3 Å². The molecule has 0 aromatic rings. The molecular formula is C11H20O3. The lowest BCUT2D eigenvalue weighted by molar-refractivity contribution is -0.153. The fraction of sp³-hybridized carbons (Fsp3) is 0.909. The highest BCUT2D eigenvalue weighted by atomic mass is 16.7. The zero-order chi connectivity index (χ0) is 10.4. The normalized spacial score (nSPS) is 22.1. The highest BCUT2D eigenvalue weighted by Gasteiger charge is 2.40. The monoisotopic (exact) mass is 200 g/mol. The maximum Gasteiger partial charge on any atom is 0.169 e. The number of aldehydes is 1. The van der Waals surface area contributed by atoms with E-state index < -0.39 is 5.41 Å². The van der Waals surface area contributed by atoms with Gasteiger partial charge in [0.15, 0.2) is 6.29 Å². The van der Waals surface area contributed by atoms with E-state index in [1.54, 1.807) is 0 Å². The summed E-state index contributed by atoms with van der Waals surface area (Å²) in [6, 6.07) is 0. The van der Waals surface area contributed by atoms with Gasteiger partial charge in [0.1, 0.15) is 6.29 Å². The molecule has 14 heavy (non-hydrogen) atoms. The summed E-state index contributed by atoms with van der Waals surface area (Å²) in [4.78, 5) is 11.2. The molecule has 1 heterocycles. The summed E-state index contributed by atoms with van der Waals surface area (Å²) in [5.41, 5.74) is -0.410. The van der Waals surface area contributed by atoms with E-state index in [2.05, 4.69) is 6.92 Å². The molecule has 0 radical (unpaired) electrons. The topological polar surface area (TPSA) is 35.5 Å². The first-order valence-electron chi connectivity index (χ1n) is 5.48. The van der Waals surface area contributed by atoms with Crippen molar-refractivity contribution >= 4 is 6.29 Å². The van der Waals surface area contributed by atoms with Gasteiger partial charge in [-0.3, -0.25) is 0 Å². The second kappa shape index (κ2) is 5.47. The van der Waals surface area contributed by atoms with Crippen LogP contribution < -0.4 is 0 Å². The van der Waals surface area contributed by atoms with Gasteiger partial charge in [-0.25, -0.2) is 0 Å². The van der Waals surface area contributed by atoms with Crippen molar-refractivity contribution in [3.8, 4) is 0 Å². The first-order chi connectivity index (χ1) is 6.79. The summed E-state index contributed by atoms with van der Waals surface area (Å²) in [6.45, 7) is 5.38. The van der Waals surface area contributed by atoms with Crippen LogP contribution in [0.1, 0.15) is 39.5 Å². The third-order valence-electron chi connectivity index (χ3n) is 2.98. The van der Waals surface area contributed by atoms with Crippen molar-refractivity contribution in [3.63, 3.8) is 0 Å². The van der Waals surface area contributed by atoms with E-state index in [-0.39, 0.29) is 6.29 Å². The predicted octanol–water partition coefficient (Wildman–Crippen LogP) is 2.14. The van der Waals surface area contributed by atoms with Crippen molar-refractivity contribution in [2.75, 3.05) is 13.2 Å². The molecule has 1 aliphatic rings. The van der Waals surface area contributed by atoms with Gasteiger partial charge in [0.05, 0.1) is 18.6 Å². The highest BCUT2D eigenvalue weighted by molar-refractivity contribution is 5.60. The Morgan fingerprint density at radius 2 is 2.00 bits per heavy atom. The minimum absolute atomic E-state index is 0.309. The summed E-state index contributed by atoms with van der Waals surface area (Å²) >= 11 is 0. The first-order valence-corrected chi connectivity index (χ1v) is 5.48. The predicted molar refractivity (Wildman–Crippen MR) is 54.0 cm³/mol. The minimum atomic E-state index is -0.410. The Morgan fingerprint density at radius 3 is 2.43 bits per heavy atom. The quantitative estimate of drug-likeness (QED) is 0.616. The van der Waals surface area contributed by atoms with Crippen LogP contribution in [0, 0.1) is 5.41 Å². The highest BCUT2D eigenvalue weighted by Crippen LogP contribution is 2.34. The smallest absolute Gasteiger partial charge is 0.169 e. The zero-order valence-corrected chi connectivity index (χ0v) is 9.12. The van der Waals surface area contributed by atoms with Crippen LogP contribution >= 0.6 is 0 Å². The van der Waals surface area contributed by atoms with Crippen LogP contribution in [0.15, 0.2) is 0 Å². The molecule has 82 valence electrons. The number of hydrogen-bond donors (Lipinski definition) is 0. The van der Waals surface area contributed by atoms with Crippen LogP contribution in [0.5, 0.6) is 0 Å². The Labute approximate surface area is 85.8 Å². The van der Waals surface area contributed by atoms with Gasteiger partial charge in [0, 0.05) is 0 Å². The van der Waals surface area contributed by atoms with Crippen LogP contribution in [0.4, 0.5) is 0 Å². The molecule has 0 aromatic heterocycles. The van der Waals surface area contributed by atoms with Crippen molar-refractivity contribution in [1.82, 2.24) is 0 Å². The number of carbonyl (C=O) groups is 1. The van der Waals surface area contributed by atoms with E-state index >= 15 is 0 Å². The van der Waals surface area contributed by atoms with Gasteiger partial charge in [0.2, 0.25) is 0 Å². The molecule has 0 spiro atoms. The van der Waals surface area contributed by atoms with E-state index in [4.69, 9.17) is 9.47 Å². The van der Waals surface area contributed by atoms with Crippen molar-refractivity contribution in [3.05, 3.63) is 0 Å². The van der Waals surface area contributed by atoms with Crippen molar-refractivity contribution in [2.24, 2.45) is 5.41 Å². The number of ether oxygens (including phenoxy) is 2. The van der Waals surface area contributed by atoms with Crippen LogP contribution in [0.25, 0.3) is 0 Å². The lowest BCUT2D eigenvalue weighted by Crippen LogP contribution is -2.37. The molecule has 3 heteroatoms. The summed E-state index contributed by atoms with van der Waals surface area (Å²) in [6.07, 6.45) is 4.53. The number of rotatable bonds is 6. The lowest BCUT2D eigenvalue weighted by Gasteiger charge is -2.31. The third kappa shape index (κ3) is 2.34. The molecule has 3 nitrogen and oxygen atoms in total. The SMILES string of the molecule is CCCCC(C=O)(CC)C1OCCO1. The van der Waals surface area contributed by atoms with Crippen LogP contribution in [-0.2, 0) is 14.3 Å². The fourth-order valence-corrected chi connectivity index (χ4v) is 1.86. The Kier molecular flexibility index (Phi) is 4.55. The number of carbonyl (C=O) groups excluding carboxylic acids is 1. The maximum atomic E-state index is 11.2. The second-order valence-corrected chi connectivity index (χ2v) is 3.88. The molecule has 0 saturated carbocycles. The van der Waals surface area contributed by atoms with Gasteiger partial charge in [-0.1, -0.05) is 26.7 Å². The lowest BCUT2D eigenvalue weighted by atomic mass is 9.81. The summed E-state index contributed by atoms with van der Waals surface area (Å²) in [7, 11) is 0. The summed E-state index contributed by atoms with van der Waals surface area (Å²) < 4.78 is 10.9. The maximum absolute atomic E-state index is 11.2. The molecule has 1 aliphatic heterocycles. The van der Waals surface area contributed by atoms with Crippen LogP contribution in [0.2, 0.25) is 0 Å². The average Bonchev–Trinajstić information content (AvgIpc) is 2.74. The van der Waals surface area contributed by atoms with Gasteiger partial charge in [-0.2, -0.15) is 0 Å². The van der Waals surface area contributed by atoms with Gasteiger partial charge in [0.25, 0.3) is 0 Å². The van der Waals surface area contributed by atoms with Crippen molar-refractivity contribution in [2.45, 2.75) is 45.8 Å². The summed E-state index contributed by atoms with van der Waals surface area (Å²) in [5.74, 6) is 0. The molecule has 0 amide bonds. The Hall–Kier alpha value is -0.410. The first kappa shape index (κ1) is 11.7. The van der Waals surface area contributed by atoms with Gasteiger partial charge in [-0.05, 0) is 12.8 Å². The average molecular weight is 200 g/mol. The van der Waals surface area contributed by atoms with Gasteiger partial charge in [-0.15, -0.1) is 0 Å². The van der Waals surface area contributed by atoms with Crippen LogP contribution in [-0.4, -0.2) is 25.8 Å². The molecular weight excluding hydrogens is 180 g/mol. The van der Waals surface area contributed by atoms with E-state index in [0.717, 1.165) is 32.0 Å². The third-order valence-corrected chi connectivity index (χ3v) is 2.98. The van der Waals surface area contributed by atoms with Gasteiger partial charge >= 0.3 is 0 Å². The zero-order valence-electron chi connectivity index (χ0n) is 9.12. The van der Waals surface area contributed by atoms with E-state index in [0.29, 0.717) is 13.2 Å². The van der Waals surface area contributed by atoms with Crippen LogP contribution in [0.3, 0.4) is 0 Å². The largest absolute Gasteiger partial charge is 0.349 e. The molecule has 0 aliphatic carbocycles. The number of hydrogen-bond acceptors (Lipinski definition) is 3. The fourth-order valence-electron chi connectivity index (χ4n) is 1.86. The molecule has 1 saturated heterocycles. The Bertz CT molecular complexity index is 175. The van der Waals surface area contributed by atoms with Gasteiger partial charge < -0.3 is 14.3 Å².